The van der Waals surface area contributed by atoms with Crippen LogP contribution >= 0.6 is 0 Å². The summed E-state index contributed by atoms with van der Waals surface area (Å²) in [5.41, 5.74) is 9.28. The Labute approximate surface area is 105 Å². The highest BCUT2D eigenvalue weighted by molar-refractivity contribution is 5.94. The third kappa shape index (κ3) is 1.84. The molecular formula is C13H15N3O2. The number of benzene rings is 1. The molecule has 0 fully saturated rings. The van der Waals surface area contributed by atoms with Crippen molar-refractivity contribution < 1.29 is 9.53 Å². The first-order valence-corrected chi connectivity index (χ1v) is 5.54. The molecule has 0 amide bonds. The van der Waals surface area contributed by atoms with E-state index in [2.05, 4.69) is 9.84 Å². The number of esters is 1. The Morgan fingerprint density at radius 1 is 1.39 bits per heavy atom. The van der Waals surface area contributed by atoms with Gasteiger partial charge in [0.2, 0.25) is 0 Å². The molecule has 0 aliphatic carbocycles. The quantitative estimate of drug-likeness (QED) is 0.820. The number of carbonyl (C=O) groups is 1. The fourth-order valence-corrected chi connectivity index (χ4v) is 1.78. The van der Waals surface area contributed by atoms with Gasteiger partial charge in [0.05, 0.1) is 19.0 Å². The van der Waals surface area contributed by atoms with Crippen molar-refractivity contribution in [3.05, 3.63) is 41.1 Å². The maximum Gasteiger partial charge on any atom is 0.343 e. The van der Waals surface area contributed by atoms with Crippen LogP contribution in [0.3, 0.4) is 0 Å². The molecule has 18 heavy (non-hydrogen) atoms. The number of hydrogen-bond donors (Lipinski definition) is 1. The van der Waals surface area contributed by atoms with Gasteiger partial charge in [-0.1, -0.05) is 12.1 Å². The highest BCUT2D eigenvalue weighted by atomic mass is 16.5. The molecule has 0 saturated heterocycles. The second kappa shape index (κ2) is 4.52. The maximum absolute atomic E-state index is 11.5. The summed E-state index contributed by atoms with van der Waals surface area (Å²) in [4.78, 5) is 11.5. The van der Waals surface area contributed by atoms with E-state index >= 15 is 0 Å². The number of nitrogens with two attached hydrogens (primary N) is 1. The molecule has 2 N–H and O–H groups in total. The molecule has 0 atom stereocenters. The van der Waals surface area contributed by atoms with E-state index in [1.807, 2.05) is 32.0 Å². The molecule has 1 aromatic heterocycles. The van der Waals surface area contributed by atoms with Crippen LogP contribution in [0.1, 0.15) is 21.5 Å². The van der Waals surface area contributed by atoms with Gasteiger partial charge in [-0.05, 0) is 31.0 Å². The lowest BCUT2D eigenvalue weighted by Gasteiger charge is -2.10. The van der Waals surface area contributed by atoms with E-state index in [1.54, 1.807) is 4.68 Å². The van der Waals surface area contributed by atoms with Crippen LogP contribution in [0.4, 0.5) is 5.82 Å². The average molecular weight is 245 g/mol. The lowest BCUT2D eigenvalue weighted by molar-refractivity contribution is 0.0602. The van der Waals surface area contributed by atoms with Gasteiger partial charge in [-0.25, -0.2) is 9.48 Å². The summed E-state index contributed by atoms with van der Waals surface area (Å²) in [6.45, 7) is 4.00. The molecular weight excluding hydrogens is 230 g/mol. The zero-order valence-corrected chi connectivity index (χ0v) is 10.6. The van der Waals surface area contributed by atoms with Gasteiger partial charge in [-0.3, -0.25) is 0 Å². The highest BCUT2D eigenvalue weighted by Crippen LogP contribution is 2.22. The van der Waals surface area contributed by atoms with Crippen LogP contribution in [-0.4, -0.2) is 22.9 Å². The minimum atomic E-state index is -0.482. The van der Waals surface area contributed by atoms with Gasteiger partial charge < -0.3 is 10.5 Å². The Morgan fingerprint density at radius 2 is 2.11 bits per heavy atom. The van der Waals surface area contributed by atoms with Crippen LogP contribution in [0, 0.1) is 13.8 Å². The Bertz CT molecular complexity index is 602. The first-order valence-electron chi connectivity index (χ1n) is 5.54. The van der Waals surface area contributed by atoms with Crippen LogP contribution in [0.15, 0.2) is 24.4 Å². The van der Waals surface area contributed by atoms with Crippen LogP contribution in [0.2, 0.25) is 0 Å². The van der Waals surface area contributed by atoms with E-state index in [-0.39, 0.29) is 11.4 Å². The number of carbonyl (C=O) groups excluding carboxylic acids is 1. The molecule has 0 aliphatic heterocycles. The highest BCUT2D eigenvalue weighted by Gasteiger charge is 2.17. The molecule has 2 rings (SSSR count). The van der Waals surface area contributed by atoms with Gasteiger partial charge in [0.25, 0.3) is 0 Å². The SMILES string of the molecule is COC(=O)c1cnn(-c2cccc(C)c2C)c1N. The van der Waals surface area contributed by atoms with Gasteiger partial charge in [0.1, 0.15) is 11.4 Å². The molecule has 1 heterocycles. The lowest BCUT2D eigenvalue weighted by atomic mass is 10.1. The predicted molar refractivity (Wildman–Crippen MR) is 68.8 cm³/mol. The maximum atomic E-state index is 11.5. The predicted octanol–water partition coefficient (Wildman–Crippen LogP) is 1.86. The third-order valence-electron chi connectivity index (χ3n) is 3.02. The van der Waals surface area contributed by atoms with Crippen LogP contribution in [0.25, 0.3) is 5.69 Å². The molecule has 0 spiro atoms. The number of anilines is 1. The molecule has 5 nitrogen and oxygen atoms in total. The second-order valence-electron chi connectivity index (χ2n) is 4.07. The van der Waals surface area contributed by atoms with Gasteiger partial charge in [0, 0.05) is 0 Å². The Kier molecular flexibility index (Phi) is 3.06. The fraction of sp³-hybridized carbons (Fsp3) is 0.231. The number of aryl methyl sites for hydroxylation is 1. The van der Waals surface area contributed by atoms with Crippen LogP contribution < -0.4 is 5.73 Å². The van der Waals surface area contributed by atoms with Crippen molar-refractivity contribution in [2.24, 2.45) is 0 Å². The monoisotopic (exact) mass is 245 g/mol. The number of methoxy groups -OCH3 is 1. The average Bonchev–Trinajstić information content (AvgIpc) is 2.74. The summed E-state index contributed by atoms with van der Waals surface area (Å²) in [5.74, 6) is -0.195. The van der Waals surface area contributed by atoms with Crippen molar-refractivity contribution in [2.45, 2.75) is 13.8 Å². The minimum Gasteiger partial charge on any atom is -0.465 e. The van der Waals surface area contributed by atoms with E-state index in [1.165, 1.54) is 13.3 Å². The summed E-state index contributed by atoms with van der Waals surface area (Å²) < 4.78 is 6.20. The summed E-state index contributed by atoms with van der Waals surface area (Å²) >= 11 is 0. The number of rotatable bonds is 2. The Morgan fingerprint density at radius 3 is 2.78 bits per heavy atom. The van der Waals surface area contributed by atoms with E-state index < -0.39 is 5.97 Å². The van der Waals surface area contributed by atoms with Crippen molar-refractivity contribution in [1.29, 1.82) is 0 Å². The number of aromatic nitrogens is 2. The van der Waals surface area contributed by atoms with Crippen molar-refractivity contribution in [2.75, 3.05) is 12.8 Å². The second-order valence-corrected chi connectivity index (χ2v) is 4.07. The van der Waals surface area contributed by atoms with Crippen molar-refractivity contribution in [3.63, 3.8) is 0 Å². The van der Waals surface area contributed by atoms with Gasteiger partial charge in [0.15, 0.2) is 0 Å². The van der Waals surface area contributed by atoms with Gasteiger partial charge in [-0.2, -0.15) is 5.10 Å². The van der Waals surface area contributed by atoms with Crippen molar-refractivity contribution >= 4 is 11.8 Å². The molecule has 94 valence electrons. The number of nitrogen functional groups attached to an aromatic ring is 1. The standard InChI is InChI=1S/C13H15N3O2/c1-8-5-4-6-11(9(8)2)16-12(14)10(7-15-16)13(17)18-3/h4-7H,14H2,1-3H3. The van der Waals surface area contributed by atoms with E-state index in [0.717, 1.165) is 16.8 Å². The minimum absolute atomic E-state index is 0.276. The van der Waals surface area contributed by atoms with Gasteiger partial charge in [-0.15, -0.1) is 0 Å². The van der Waals surface area contributed by atoms with Gasteiger partial charge >= 0.3 is 5.97 Å². The Hall–Kier alpha value is -2.30. The number of hydrogen-bond acceptors (Lipinski definition) is 4. The fourth-order valence-electron chi connectivity index (χ4n) is 1.78. The normalized spacial score (nSPS) is 10.4. The summed E-state index contributed by atoms with van der Waals surface area (Å²) in [6, 6.07) is 5.85. The molecule has 2 aromatic rings. The first kappa shape index (κ1) is 12.2. The molecule has 5 heteroatoms. The van der Waals surface area contributed by atoms with Crippen LogP contribution in [0.5, 0.6) is 0 Å². The molecule has 0 aliphatic rings. The molecule has 0 saturated carbocycles. The zero-order chi connectivity index (χ0) is 13.3. The smallest absolute Gasteiger partial charge is 0.343 e. The van der Waals surface area contributed by atoms with Crippen molar-refractivity contribution in [1.82, 2.24) is 9.78 Å². The number of nitrogens with zero attached hydrogens (tertiary/aromatic N) is 2. The lowest BCUT2D eigenvalue weighted by Crippen LogP contribution is -2.08. The molecule has 0 unspecified atom stereocenters. The molecule has 0 bridgehead atoms. The Balaban J connectivity index is 2.56. The summed E-state index contributed by atoms with van der Waals surface area (Å²) in [5, 5.41) is 4.15. The number of ether oxygens (including phenoxy) is 1. The van der Waals surface area contributed by atoms with Crippen molar-refractivity contribution in [3.8, 4) is 5.69 Å². The molecule has 0 radical (unpaired) electrons. The first-order chi connectivity index (χ1) is 8.56. The topological polar surface area (TPSA) is 70.1 Å². The largest absolute Gasteiger partial charge is 0.465 e. The third-order valence-corrected chi connectivity index (χ3v) is 3.02. The van der Waals surface area contributed by atoms with Crippen LogP contribution in [-0.2, 0) is 4.74 Å². The van der Waals surface area contributed by atoms with E-state index in [0.29, 0.717) is 0 Å². The van der Waals surface area contributed by atoms with E-state index in [9.17, 15) is 4.79 Å². The summed E-state index contributed by atoms with van der Waals surface area (Å²) in [6.07, 6.45) is 1.42. The van der Waals surface area contributed by atoms with E-state index in [4.69, 9.17) is 5.73 Å². The molecule has 1 aromatic carbocycles. The zero-order valence-electron chi connectivity index (χ0n) is 10.6. The summed E-state index contributed by atoms with van der Waals surface area (Å²) in [7, 11) is 1.32.